The minimum Gasteiger partial charge on any atom is -0.261 e. The van der Waals surface area contributed by atoms with E-state index in [0.717, 1.165) is 18.5 Å². The van der Waals surface area contributed by atoms with Crippen LogP contribution >= 0.6 is 11.6 Å². The van der Waals surface area contributed by atoms with Crippen LogP contribution in [0.15, 0.2) is 24.7 Å². The van der Waals surface area contributed by atoms with Gasteiger partial charge < -0.3 is 0 Å². The SMILES string of the molecule is CCCc1cc(Cl)nc(-c2cnccn2)n1. The lowest BCUT2D eigenvalue weighted by Crippen LogP contribution is -1.97. The van der Waals surface area contributed by atoms with E-state index in [9.17, 15) is 0 Å². The van der Waals surface area contributed by atoms with Gasteiger partial charge in [-0.25, -0.2) is 15.0 Å². The van der Waals surface area contributed by atoms with Gasteiger partial charge in [0.05, 0.1) is 6.20 Å². The second kappa shape index (κ2) is 4.99. The molecule has 0 spiro atoms. The van der Waals surface area contributed by atoms with E-state index < -0.39 is 0 Å². The van der Waals surface area contributed by atoms with Crippen LogP contribution in [-0.4, -0.2) is 19.9 Å². The lowest BCUT2D eigenvalue weighted by molar-refractivity contribution is 0.873. The molecular formula is C11H11ClN4. The van der Waals surface area contributed by atoms with Crippen molar-refractivity contribution in [2.24, 2.45) is 0 Å². The topological polar surface area (TPSA) is 51.6 Å². The molecule has 0 aromatic carbocycles. The summed E-state index contributed by atoms with van der Waals surface area (Å²) in [6.07, 6.45) is 6.75. The first-order chi connectivity index (χ1) is 7.79. The maximum atomic E-state index is 5.94. The minimum absolute atomic E-state index is 0.444. The molecule has 0 amide bonds. The molecule has 0 atom stereocenters. The van der Waals surface area contributed by atoms with E-state index >= 15 is 0 Å². The van der Waals surface area contributed by atoms with Crippen LogP contribution in [0.2, 0.25) is 5.15 Å². The summed E-state index contributed by atoms with van der Waals surface area (Å²) in [6, 6.07) is 1.78. The van der Waals surface area contributed by atoms with Gasteiger partial charge in [0, 0.05) is 18.1 Å². The van der Waals surface area contributed by atoms with Crippen LogP contribution in [0.1, 0.15) is 19.0 Å². The Morgan fingerprint density at radius 2 is 2.12 bits per heavy atom. The Hall–Kier alpha value is -1.55. The maximum Gasteiger partial charge on any atom is 0.181 e. The fourth-order valence-electron chi connectivity index (χ4n) is 1.38. The number of hydrogen-bond acceptors (Lipinski definition) is 4. The molecular weight excluding hydrogens is 224 g/mol. The van der Waals surface area contributed by atoms with Gasteiger partial charge in [0.15, 0.2) is 5.82 Å². The molecule has 0 aliphatic carbocycles. The Labute approximate surface area is 98.8 Å². The largest absolute Gasteiger partial charge is 0.261 e. The number of aryl methyl sites for hydroxylation is 1. The number of nitrogens with zero attached hydrogens (tertiary/aromatic N) is 4. The normalized spacial score (nSPS) is 10.4. The standard InChI is InChI=1S/C11H11ClN4/c1-2-3-8-6-10(12)16-11(15-8)9-7-13-4-5-14-9/h4-7H,2-3H2,1H3. The van der Waals surface area contributed by atoms with E-state index in [4.69, 9.17) is 11.6 Å². The molecule has 2 aromatic rings. The van der Waals surface area contributed by atoms with Gasteiger partial charge in [0.25, 0.3) is 0 Å². The van der Waals surface area contributed by atoms with Gasteiger partial charge in [0.1, 0.15) is 10.8 Å². The zero-order valence-electron chi connectivity index (χ0n) is 8.89. The van der Waals surface area contributed by atoms with Gasteiger partial charge >= 0.3 is 0 Å². The highest BCUT2D eigenvalue weighted by Gasteiger charge is 2.06. The maximum absolute atomic E-state index is 5.94. The molecule has 2 aromatic heterocycles. The molecule has 0 fully saturated rings. The zero-order chi connectivity index (χ0) is 11.4. The van der Waals surface area contributed by atoms with Crippen molar-refractivity contribution in [3.8, 4) is 11.5 Å². The monoisotopic (exact) mass is 234 g/mol. The zero-order valence-corrected chi connectivity index (χ0v) is 9.65. The average molecular weight is 235 g/mol. The molecule has 0 aliphatic rings. The fraction of sp³-hybridized carbons (Fsp3) is 0.273. The van der Waals surface area contributed by atoms with Crippen LogP contribution < -0.4 is 0 Å². The third-order valence-corrected chi connectivity index (χ3v) is 2.24. The van der Waals surface area contributed by atoms with Crippen molar-refractivity contribution in [3.05, 3.63) is 35.5 Å². The van der Waals surface area contributed by atoms with Crippen LogP contribution in [-0.2, 0) is 6.42 Å². The Bertz CT molecular complexity index is 473. The Morgan fingerprint density at radius 1 is 1.25 bits per heavy atom. The first-order valence-electron chi connectivity index (χ1n) is 5.09. The van der Waals surface area contributed by atoms with Crippen LogP contribution in [0.5, 0.6) is 0 Å². The van der Waals surface area contributed by atoms with Gasteiger partial charge in [-0.15, -0.1) is 0 Å². The number of hydrogen-bond donors (Lipinski definition) is 0. The summed E-state index contributed by atoms with van der Waals surface area (Å²) < 4.78 is 0. The highest BCUT2D eigenvalue weighted by molar-refractivity contribution is 6.29. The van der Waals surface area contributed by atoms with Gasteiger partial charge in [-0.3, -0.25) is 4.98 Å². The molecule has 0 saturated heterocycles. The minimum atomic E-state index is 0.444. The predicted molar refractivity (Wildman–Crippen MR) is 62.1 cm³/mol. The van der Waals surface area contributed by atoms with E-state index in [0.29, 0.717) is 16.7 Å². The Morgan fingerprint density at radius 3 is 2.81 bits per heavy atom. The summed E-state index contributed by atoms with van der Waals surface area (Å²) in [7, 11) is 0. The summed E-state index contributed by atoms with van der Waals surface area (Å²) in [5.74, 6) is 0.532. The summed E-state index contributed by atoms with van der Waals surface area (Å²) in [5.41, 5.74) is 1.57. The average Bonchev–Trinajstić information content (AvgIpc) is 2.30. The van der Waals surface area contributed by atoms with Gasteiger partial charge in [-0.1, -0.05) is 24.9 Å². The molecule has 82 valence electrons. The second-order valence-corrected chi connectivity index (χ2v) is 3.73. The van der Waals surface area contributed by atoms with E-state index in [1.165, 1.54) is 0 Å². The van der Waals surface area contributed by atoms with E-state index in [-0.39, 0.29) is 0 Å². The molecule has 0 radical (unpaired) electrons. The highest BCUT2D eigenvalue weighted by atomic mass is 35.5. The third kappa shape index (κ3) is 2.52. The third-order valence-electron chi connectivity index (χ3n) is 2.05. The molecule has 2 heterocycles. The van der Waals surface area contributed by atoms with Crippen LogP contribution in [0.3, 0.4) is 0 Å². The summed E-state index contributed by atoms with van der Waals surface area (Å²) in [4.78, 5) is 16.7. The van der Waals surface area contributed by atoms with Crippen molar-refractivity contribution in [1.82, 2.24) is 19.9 Å². The molecule has 0 bridgehead atoms. The van der Waals surface area contributed by atoms with Crippen molar-refractivity contribution >= 4 is 11.6 Å². The molecule has 16 heavy (non-hydrogen) atoms. The van der Waals surface area contributed by atoms with Gasteiger partial charge in [0.2, 0.25) is 0 Å². The van der Waals surface area contributed by atoms with Gasteiger partial charge in [-0.05, 0) is 12.5 Å². The molecule has 4 nitrogen and oxygen atoms in total. The fourth-order valence-corrected chi connectivity index (χ4v) is 1.58. The van der Waals surface area contributed by atoms with Gasteiger partial charge in [-0.2, -0.15) is 0 Å². The molecule has 0 unspecified atom stereocenters. The van der Waals surface area contributed by atoms with E-state index in [1.807, 2.05) is 0 Å². The van der Waals surface area contributed by atoms with Crippen molar-refractivity contribution < 1.29 is 0 Å². The number of rotatable bonds is 3. The van der Waals surface area contributed by atoms with Crippen molar-refractivity contribution in [2.75, 3.05) is 0 Å². The molecule has 0 saturated carbocycles. The van der Waals surface area contributed by atoms with Crippen LogP contribution in [0, 0.1) is 0 Å². The summed E-state index contributed by atoms with van der Waals surface area (Å²) in [6.45, 7) is 2.10. The van der Waals surface area contributed by atoms with Crippen molar-refractivity contribution in [2.45, 2.75) is 19.8 Å². The molecule has 0 aliphatic heterocycles. The first-order valence-corrected chi connectivity index (χ1v) is 5.47. The summed E-state index contributed by atoms with van der Waals surface area (Å²) >= 11 is 5.94. The molecule has 0 N–H and O–H groups in total. The van der Waals surface area contributed by atoms with Crippen molar-refractivity contribution in [1.29, 1.82) is 0 Å². The Kier molecular flexibility index (Phi) is 3.41. The van der Waals surface area contributed by atoms with Crippen molar-refractivity contribution in [3.63, 3.8) is 0 Å². The van der Waals surface area contributed by atoms with E-state index in [2.05, 4.69) is 26.9 Å². The number of aromatic nitrogens is 4. The first kappa shape index (κ1) is 11.0. The number of halogens is 1. The van der Waals surface area contributed by atoms with Crippen LogP contribution in [0.4, 0.5) is 0 Å². The molecule has 5 heteroatoms. The quantitative estimate of drug-likeness (QED) is 0.766. The predicted octanol–water partition coefficient (Wildman–Crippen LogP) is 2.54. The van der Waals surface area contributed by atoms with Crippen LogP contribution in [0.25, 0.3) is 11.5 Å². The highest BCUT2D eigenvalue weighted by Crippen LogP contribution is 2.15. The van der Waals surface area contributed by atoms with E-state index in [1.54, 1.807) is 24.7 Å². The molecule has 2 rings (SSSR count). The lowest BCUT2D eigenvalue weighted by atomic mass is 10.2. The second-order valence-electron chi connectivity index (χ2n) is 3.35. The smallest absolute Gasteiger partial charge is 0.181 e. The Balaban J connectivity index is 2.41. The summed E-state index contributed by atoms with van der Waals surface area (Å²) in [5, 5.41) is 0.444. The lowest BCUT2D eigenvalue weighted by Gasteiger charge is -2.02.